The number of rotatable bonds is 4. The minimum absolute atomic E-state index is 0.792. The van der Waals surface area contributed by atoms with Gasteiger partial charge < -0.3 is 5.32 Å². The van der Waals surface area contributed by atoms with E-state index >= 15 is 0 Å². The number of aromatic nitrogens is 1. The molecule has 1 atom stereocenters. The molecule has 0 aliphatic carbocycles. The standard InChI is InChI=1S/C15H18N2S/c1-2-4-12(5-3-1)8-14-11-18-15(17-14)9-13-6-7-16-10-13/h1-5,11,13,16H,6-10H2. The summed E-state index contributed by atoms with van der Waals surface area (Å²) in [6.45, 7) is 2.33. The number of nitrogens with zero attached hydrogens (tertiary/aromatic N) is 1. The first-order chi connectivity index (χ1) is 8.90. The van der Waals surface area contributed by atoms with Crippen LogP contribution in [-0.2, 0) is 12.8 Å². The summed E-state index contributed by atoms with van der Waals surface area (Å²) in [6, 6.07) is 10.6. The molecule has 1 aliphatic rings. The van der Waals surface area contributed by atoms with E-state index in [1.165, 1.54) is 29.2 Å². The van der Waals surface area contributed by atoms with E-state index in [2.05, 4.69) is 41.0 Å². The number of hydrogen-bond acceptors (Lipinski definition) is 3. The lowest BCUT2D eigenvalue weighted by Gasteiger charge is -2.03. The zero-order valence-corrected chi connectivity index (χ0v) is 11.2. The molecule has 1 saturated heterocycles. The third-order valence-corrected chi connectivity index (χ3v) is 4.37. The van der Waals surface area contributed by atoms with Crippen LogP contribution in [-0.4, -0.2) is 18.1 Å². The van der Waals surface area contributed by atoms with E-state index in [9.17, 15) is 0 Å². The van der Waals surface area contributed by atoms with Crippen molar-refractivity contribution in [1.82, 2.24) is 10.3 Å². The summed E-state index contributed by atoms with van der Waals surface area (Å²) in [5.74, 6) is 0.792. The first kappa shape index (κ1) is 11.9. The van der Waals surface area contributed by atoms with Crippen LogP contribution < -0.4 is 5.32 Å². The Bertz CT molecular complexity index is 486. The van der Waals surface area contributed by atoms with Crippen molar-refractivity contribution in [2.45, 2.75) is 19.3 Å². The monoisotopic (exact) mass is 258 g/mol. The highest BCUT2D eigenvalue weighted by Gasteiger charge is 2.16. The third-order valence-electron chi connectivity index (χ3n) is 3.45. The Hall–Kier alpha value is -1.19. The van der Waals surface area contributed by atoms with Crippen LogP contribution in [0.2, 0.25) is 0 Å². The molecule has 94 valence electrons. The summed E-state index contributed by atoms with van der Waals surface area (Å²) in [7, 11) is 0. The maximum absolute atomic E-state index is 4.76. The van der Waals surface area contributed by atoms with Crippen molar-refractivity contribution < 1.29 is 0 Å². The van der Waals surface area contributed by atoms with E-state index in [1.54, 1.807) is 0 Å². The van der Waals surface area contributed by atoms with Gasteiger partial charge in [0, 0.05) is 18.2 Å². The van der Waals surface area contributed by atoms with Gasteiger partial charge in [-0.25, -0.2) is 4.98 Å². The smallest absolute Gasteiger partial charge is 0.0931 e. The number of benzene rings is 1. The van der Waals surface area contributed by atoms with Crippen LogP contribution in [0.5, 0.6) is 0 Å². The fourth-order valence-corrected chi connectivity index (χ4v) is 3.37. The van der Waals surface area contributed by atoms with Gasteiger partial charge in [0.2, 0.25) is 0 Å². The van der Waals surface area contributed by atoms with Crippen LogP contribution in [0.15, 0.2) is 35.7 Å². The van der Waals surface area contributed by atoms with Gasteiger partial charge in [-0.1, -0.05) is 30.3 Å². The molecule has 2 aromatic rings. The number of hydrogen-bond donors (Lipinski definition) is 1. The average molecular weight is 258 g/mol. The Labute approximate surface area is 112 Å². The molecule has 1 aromatic heterocycles. The predicted molar refractivity (Wildman–Crippen MR) is 76.0 cm³/mol. The molecule has 1 N–H and O–H groups in total. The summed E-state index contributed by atoms with van der Waals surface area (Å²) in [5, 5.41) is 6.93. The number of thiazole rings is 1. The van der Waals surface area contributed by atoms with Crippen LogP contribution in [0.3, 0.4) is 0 Å². The molecule has 0 saturated carbocycles. The highest BCUT2D eigenvalue weighted by Crippen LogP contribution is 2.19. The van der Waals surface area contributed by atoms with Crippen molar-refractivity contribution >= 4 is 11.3 Å². The van der Waals surface area contributed by atoms with E-state index in [1.807, 2.05) is 11.3 Å². The second-order valence-corrected chi connectivity index (χ2v) is 5.90. The highest BCUT2D eigenvalue weighted by molar-refractivity contribution is 7.09. The van der Waals surface area contributed by atoms with E-state index in [4.69, 9.17) is 4.98 Å². The molecule has 1 unspecified atom stereocenters. The van der Waals surface area contributed by atoms with Gasteiger partial charge in [-0.3, -0.25) is 0 Å². The lowest BCUT2D eigenvalue weighted by atomic mass is 10.1. The lowest BCUT2D eigenvalue weighted by Crippen LogP contribution is -2.10. The van der Waals surface area contributed by atoms with Gasteiger partial charge >= 0.3 is 0 Å². The summed E-state index contributed by atoms with van der Waals surface area (Å²) in [4.78, 5) is 4.76. The fourth-order valence-electron chi connectivity index (χ4n) is 2.46. The summed E-state index contributed by atoms with van der Waals surface area (Å²) in [6.07, 6.45) is 3.40. The van der Waals surface area contributed by atoms with Gasteiger partial charge in [-0.2, -0.15) is 0 Å². The fraction of sp³-hybridized carbons (Fsp3) is 0.400. The Kier molecular flexibility index (Phi) is 3.72. The average Bonchev–Trinajstić information content (AvgIpc) is 3.03. The largest absolute Gasteiger partial charge is 0.316 e. The first-order valence-corrected chi connectivity index (χ1v) is 7.46. The molecular formula is C15H18N2S. The molecule has 1 fully saturated rings. The molecule has 3 heteroatoms. The quantitative estimate of drug-likeness (QED) is 0.912. The van der Waals surface area contributed by atoms with Gasteiger partial charge in [0.25, 0.3) is 0 Å². The zero-order valence-electron chi connectivity index (χ0n) is 10.4. The molecule has 2 nitrogen and oxygen atoms in total. The zero-order chi connectivity index (χ0) is 12.2. The van der Waals surface area contributed by atoms with Crippen LogP contribution in [0, 0.1) is 5.92 Å². The first-order valence-electron chi connectivity index (χ1n) is 6.58. The topological polar surface area (TPSA) is 24.9 Å². The van der Waals surface area contributed by atoms with Gasteiger partial charge in [0.15, 0.2) is 0 Å². The Morgan fingerprint density at radius 3 is 2.94 bits per heavy atom. The van der Waals surface area contributed by atoms with Crippen molar-refractivity contribution in [2.75, 3.05) is 13.1 Å². The van der Waals surface area contributed by atoms with Gasteiger partial charge in [-0.05, 0) is 31.0 Å². The van der Waals surface area contributed by atoms with Crippen LogP contribution in [0.1, 0.15) is 22.7 Å². The normalized spacial score (nSPS) is 19.2. The third kappa shape index (κ3) is 2.98. The Balaban J connectivity index is 1.62. The second-order valence-electron chi connectivity index (χ2n) is 4.96. The van der Waals surface area contributed by atoms with Crippen molar-refractivity contribution in [2.24, 2.45) is 5.92 Å². The molecule has 1 aromatic carbocycles. The van der Waals surface area contributed by atoms with Crippen molar-refractivity contribution in [3.8, 4) is 0 Å². The minimum Gasteiger partial charge on any atom is -0.316 e. The molecule has 0 amide bonds. The van der Waals surface area contributed by atoms with Gasteiger partial charge in [0.05, 0.1) is 10.7 Å². The van der Waals surface area contributed by atoms with Crippen LogP contribution in [0.4, 0.5) is 0 Å². The van der Waals surface area contributed by atoms with E-state index in [-0.39, 0.29) is 0 Å². The SMILES string of the molecule is c1ccc(Cc2csc(CC3CCNC3)n2)cc1. The highest BCUT2D eigenvalue weighted by atomic mass is 32.1. The summed E-state index contributed by atoms with van der Waals surface area (Å²) >= 11 is 1.82. The van der Waals surface area contributed by atoms with E-state index in [0.717, 1.165) is 25.3 Å². The van der Waals surface area contributed by atoms with Crippen LogP contribution >= 0.6 is 11.3 Å². The van der Waals surface area contributed by atoms with Crippen molar-refractivity contribution in [3.63, 3.8) is 0 Å². The van der Waals surface area contributed by atoms with E-state index in [0.29, 0.717) is 0 Å². The predicted octanol–water partition coefficient (Wildman–Crippen LogP) is 2.89. The lowest BCUT2D eigenvalue weighted by molar-refractivity contribution is 0.577. The second kappa shape index (κ2) is 5.63. The Morgan fingerprint density at radius 1 is 1.28 bits per heavy atom. The Morgan fingerprint density at radius 2 is 2.17 bits per heavy atom. The molecule has 0 radical (unpaired) electrons. The van der Waals surface area contributed by atoms with Crippen molar-refractivity contribution in [3.05, 3.63) is 52.0 Å². The number of nitrogens with one attached hydrogen (secondary N) is 1. The molecular weight excluding hydrogens is 240 g/mol. The van der Waals surface area contributed by atoms with Gasteiger partial charge in [-0.15, -0.1) is 11.3 Å². The van der Waals surface area contributed by atoms with Crippen molar-refractivity contribution in [1.29, 1.82) is 0 Å². The molecule has 2 heterocycles. The minimum atomic E-state index is 0.792. The summed E-state index contributed by atoms with van der Waals surface area (Å²) in [5.41, 5.74) is 2.56. The van der Waals surface area contributed by atoms with E-state index < -0.39 is 0 Å². The van der Waals surface area contributed by atoms with Gasteiger partial charge in [0.1, 0.15) is 0 Å². The maximum Gasteiger partial charge on any atom is 0.0931 e. The molecule has 0 bridgehead atoms. The summed E-state index contributed by atoms with van der Waals surface area (Å²) < 4.78 is 0. The molecule has 3 rings (SSSR count). The molecule has 18 heavy (non-hydrogen) atoms. The molecule has 0 spiro atoms. The molecule has 1 aliphatic heterocycles. The van der Waals surface area contributed by atoms with Crippen LogP contribution in [0.25, 0.3) is 0 Å². The maximum atomic E-state index is 4.76.